The van der Waals surface area contributed by atoms with Gasteiger partial charge in [-0.25, -0.2) is 9.78 Å². The van der Waals surface area contributed by atoms with Crippen LogP contribution in [0, 0.1) is 5.92 Å². The number of hydrogen-bond donors (Lipinski definition) is 7. The van der Waals surface area contributed by atoms with Gasteiger partial charge < -0.3 is 36.9 Å². The molecule has 0 aliphatic carbocycles. The maximum atomic E-state index is 13.1. The predicted octanol–water partition coefficient (Wildman–Crippen LogP) is -1.29. The van der Waals surface area contributed by atoms with E-state index in [1.54, 1.807) is 50.4 Å². The van der Waals surface area contributed by atoms with Crippen LogP contribution in [0.1, 0.15) is 25.1 Å². The maximum Gasteiger partial charge on any atom is 0.328 e. The van der Waals surface area contributed by atoms with E-state index in [4.69, 9.17) is 10.8 Å². The normalized spacial score (nSPS) is 14.4. The Labute approximate surface area is 202 Å². The number of nitrogens with two attached hydrogens (primary N) is 1. The van der Waals surface area contributed by atoms with Crippen LogP contribution in [0.2, 0.25) is 0 Å². The van der Waals surface area contributed by atoms with E-state index in [0.29, 0.717) is 5.69 Å². The Morgan fingerprint density at radius 3 is 2.17 bits per heavy atom. The van der Waals surface area contributed by atoms with Crippen molar-refractivity contribution in [2.45, 2.75) is 50.9 Å². The monoisotopic (exact) mass is 488 g/mol. The first kappa shape index (κ1) is 27.5. The lowest BCUT2D eigenvalue weighted by Gasteiger charge is -2.27. The van der Waals surface area contributed by atoms with Gasteiger partial charge in [-0.2, -0.15) is 0 Å². The van der Waals surface area contributed by atoms with Gasteiger partial charge in [0.05, 0.1) is 19.0 Å². The number of imidazole rings is 1. The smallest absolute Gasteiger partial charge is 0.328 e. The number of H-pyrrole nitrogens is 1. The Balaban J connectivity index is 2.14. The number of aromatic amines is 1. The number of carboxylic acids is 1. The highest BCUT2D eigenvalue weighted by molar-refractivity contribution is 5.94. The number of aromatic nitrogens is 2. The molecule has 0 aliphatic rings. The quantitative estimate of drug-likeness (QED) is 0.180. The molecule has 2 aromatic rings. The molecule has 0 saturated carbocycles. The zero-order valence-electron chi connectivity index (χ0n) is 19.6. The molecule has 0 saturated heterocycles. The number of carbonyl (C=O) groups excluding carboxylic acids is 3. The minimum atomic E-state index is -1.53. The highest BCUT2D eigenvalue weighted by atomic mass is 16.4. The molecule has 2 rings (SSSR count). The van der Waals surface area contributed by atoms with E-state index in [1.165, 1.54) is 6.33 Å². The summed E-state index contributed by atoms with van der Waals surface area (Å²) in [6.45, 7) is 2.64. The first-order valence-electron chi connectivity index (χ1n) is 11.1. The van der Waals surface area contributed by atoms with E-state index in [-0.39, 0.29) is 18.8 Å². The molecule has 190 valence electrons. The van der Waals surface area contributed by atoms with E-state index in [0.717, 1.165) is 5.56 Å². The van der Waals surface area contributed by atoms with E-state index in [1.807, 2.05) is 0 Å². The molecule has 12 heteroatoms. The summed E-state index contributed by atoms with van der Waals surface area (Å²) in [5.41, 5.74) is 7.35. The minimum absolute atomic E-state index is 0.0638. The first-order chi connectivity index (χ1) is 16.6. The molecule has 0 radical (unpaired) electrons. The molecule has 1 heterocycles. The molecule has 35 heavy (non-hydrogen) atoms. The van der Waals surface area contributed by atoms with Crippen LogP contribution in [-0.2, 0) is 32.0 Å². The molecule has 12 nitrogen and oxygen atoms in total. The van der Waals surface area contributed by atoms with Crippen molar-refractivity contribution in [2.24, 2.45) is 11.7 Å². The van der Waals surface area contributed by atoms with Gasteiger partial charge in [0.15, 0.2) is 0 Å². The zero-order valence-corrected chi connectivity index (χ0v) is 19.6. The van der Waals surface area contributed by atoms with Crippen molar-refractivity contribution in [3.8, 4) is 0 Å². The van der Waals surface area contributed by atoms with E-state index in [9.17, 15) is 24.3 Å². The number of amides is 3. The third-order valence-corrected chi connectivity index (χ3v) is 5.29. The van der Waals surface area contributed by atoms with E-state index < -0.39 is 54.5 Å². The SMILES string of the molecule is CC(C)C(NC(=O)C(N)Cc1cnc[nH]1)C(=O)NC(Cc1ccccc1)C(=O)NC(CO)C(=O)O. The van der Waals surface area contributed by atoms with Gasteiger partial charge in [0.2, 0.25) is 17.7 Å². The molecule has 3 amide bonds. The molecule has 0 bridgehead atoms. The molecule has 4 unspecified atom stereocenters. The lowest BCUT2D eigenvalue weighted by molar-refractivity contribution is -0.143. The Bertz CT molecular complexity index is 982. The van der Waals surface area contributed by atoms with Crippen molar-refractivity contribution in [1.82, 2.24) is 25.9 Å². The van der Waals surface area contributed by atoms with Gasteiger partial charge in [-0.1, -0.05) is 44.2 Å². The summed E-state index contributed by atoms with van der Waals surface area (Å²) in [6.07, 6.45) is 3.26. The van der Waals surface area contributed by atoms with Gasteiger partial charge in [0, 0.05) is 24.7 Å². The summed E-state index contributed by atoms with van der Waals surface area (Å²) in [4.78, 5) is 56.6. The second kappa shape index (κ2) is 13.2. The average Bonchev–Trinajstić information content (AvgIpc) is 3.33. The van der Waals surface area contributed by atoms with Gasteiger partial charge >= 0.3 is 5.97 Å². The Kier molecular flexibility index (Phi) is 10.4. The number of carboxylic acid groups (broad SMARTS) is 1. The fourth-order valence-corrected chi connectivity index (χ4v) is 3.30. The standard InChI is InChI=1S/C23H32N6O6/c1-13(2)19(29-20(31)16(24)9-15-10-25-12-26-15)22(33)27-17(8-14-6-4-3-5-7-14)21(32)28-18(11-30)23(34)35/h3-7,10,12-13,16-19,30H,8-9,11,24H2,1-2H3,(H,25,26)(H,27,33)(H,28,32)(H,29,31)(H,34,35). The number of rotatable bonds is 13. The summed E-state index contributed by atoms with van der Waals surface area (Å²) in [7, 11) is 0. The molecule has 0 fully saturated rings. The minimum Gasteiger partial charge on any atom is -0.480 e. The van der Waals surface area contributed by atoms with Crippen LogP contribution < -0.4 is 21.7 Å². The van der Waals surface area contributed by atoms with Gasteiger partial charge in [-0.05, 0) is 11.5 Å². The number of hydrogen-bond acceptors (Lipinski definition) is 7. The number of nitrogens with one attached hydrogen (secondary N) is 4. The van der Waals surface area contributed by atoms with Crippen LogP contribution in [0.3, 0.4) is 0 Å². The average molecular weight is 489 g/mol. The maximum absolute atomic E-state index is 13.1. The van der Waals surface area contributed by atoms with Crippen molar-refractivity contribution in [3.05, 3.63) is 54.1 Å². The van der Waals surface area contributed by atoms with Crippen LogP contribution in [0.4, 0.5) is 0 Å². The van der Waals surface area contributed by atoms with Crippen LogP contribution >= 0.6 is 0 Å². The molecule has 8 N–H and O–H groups in total. The lowest BCUT2D eigenvalue weighted by Crippen LogP contribution is -2.59. The number of aliphatic carboxylic acids is 1. The molecule has 1 aromatic heterocycles. The molecule has 0 aliphatic heterocycles. The summed E-state index contributed by atoms with van der Waals surface area (Å²) in [5.74, 6) is -3.72. The fourth-order valence-electron chi connectivity index (χ4n) is 3.30. The highest BCUT2D eigenvalue weighted by Gasteiger charge is 2.31. The lowest BCUT2D eigenvalue weighted by atomic mass is 10.00. The number of aliphatic hydroxyl groups is 1. The summed E-state index contributed by atoms with van der Waals surface area (Å²) in [6, 6.07) is 4.19. The van der Waals surface area contributed by atoms with Crippen LogP contribution in [0.5, 0.6) is 0 Å². The summed E-state index contributed by atoms with van der Waals surface area (Å²) >= 11 is 0. The highest BCUT2D eigenvalue weighted by Crippen LogP contribution is 2.08. The molecule has 4 atom stereocenters. The predicted molar refractivity (Wildman–Crippen MR) is 126 cm³/mol. The number of benzene rings is 1. The largest absolute Gasteiger partial charge is 0.480 e. The third kappa shape index (κ3) is 8.50. The van der Waals surface area contributed by atoms with Crippen molar-refractivity contribution in [3.63, 3.8) is 0 Å². The number of carbonyl (C=O) groups is 4. The first-order valence-corrected chi connectivity index (χ1v) is 11.1. The molecular weight excluding hydrogens is 456 g/mol. The Morgan fingerprint density at radius 1 is 0.971 bits per heavy atom. The van der Waals surface area contributed by atoms with Crippen molar-refractivity contribution >= 4 is 23.7 Å². The number of aliphatic hydroxyl groups excluding tert-OH is 1. The van der Waals surface area contributed by atoms with Crippen LogP contribution in [-0.4, -0.2) is 74.6 Å². The van der Waals surface area contributed by atoms with Crippen LogP contribution in [0.25, 0.3) is 0 Å². The number of nitrogens with zero attached hydrogens (tertiary/aromatic N) is 1. The van der Waals surface area contributed by atoms with Crippen molar-refractivity contribution in [2.75, 3.05) is 6.61 Å². The second-order valence-corrected chi connectivity index (χ2v) is 8.45. The van der Waals surface area contributed by atoms with Crippen LogP contribution in [0.15, 0.2) is 42.9 Å². The molecular formula is C23H32N6O6. The van der Waals surface area contributed by atoms with Crippen molar-refractivity contribution in [1.29, 1.82) is 0 Å². The van der Waals surface area contributed by atoms with Gasteiger partial charge in [-0.15, -0.1) is 0 Å². The molecule has 0 spiro atoms. The van der Waals surface area contributed by atoms with E-state index >= 15 is 0 Å². The van der Waals surface area contributed by atoms with Gasteiger partial charge in [0.25, 0.3) is 0 Å². The Hall–Kier alpha value is -3.77. The second-order valence-electron chi connectivity index (χ2n) is 8.45. The van der Waals surface area contributed by atoms with Gasteiger partial charge in [-0.3, -0.25) is 14.4 Å². The topological polar surface area (TPSA) is 200 Å². The third-order valence-electron chi connectivity index (χ3n) is 5.29. The zero-order chi connectivity index (χ0) is 26.0. The summed E-state index contributed by atoms with van der Waals surface area (Å²) in [5, 5.41) is 25.9. The fraction of sp³-hybridized carbons (Fsp3) is 0.435. The van der Waals surface area contributed by atoms with Gasteiger partial charge in [0.1, 0.15) is 18.1 Å². The van der Waals surface area contributed by atoms with E-state index in [2.05, 4.69) is 25.9 Å². The van der Waals surface area contributed by atoms with Crippen molar-refractivity contribution < 1.29 is 29.4 Å². The molecule has 1 aromatic carbocycles. The summed E-state index contributed by atoms with van der Waals surface area (Å²) < 4.78 is 0. The Morgan fingerprint density at radius 2 is 1.63 bits per heavy atom.